The highest BCUT2D eigenvalue weighted by molar-refractivity contribution is 8.41. The topological polar surface area (TPSA) is 59.9 Å². The number of carbonyl (C=O) groups is 2. The Labute approximate surface area is 181 Å². The minimum Gasteiger partial charge on any atom is -0.298 e. The number of hydrogen-bond acceptors (Lipinski definition) is 8. The number of nitrogens with zero attached hydrogens (tertiary/aromatic N) is 2. The molecule has 0 bridgehead atoms. The monoisotopic (exact) mass is 446 g/mol. The highest BCUT2D eigenvalue weighted by atomic mass is 32.3. The molecule has 2 aromatic heterocycles. The first-order valence-electron chi connectivity index (χ1n) is 8.40. The Morgan fingerprint density at radius 1 is 0.893 bits per heavy atom. The normalized spacial score (nSPS) is 13.9. The van der Waals surface area contributed by atoms with Gasteiger partial charge >= 0.3 is 0 Å². The zero-order chi connectivity index (χ0) is 20.1. The second-order valence-corrected chi connectivity index (χ2v) is 10.5. The SMILES string of the molecule is CSC1=C(SC(C(C)=O)C(C)=O)SC(=C(c2ccccn2)c2ccccn2)S1. The third-order valence-electron chi connectivity index (χ3n) is 3.73. The van der Waals surface area contributed by atoms with Gasteiger partial charge in [-0.3, -0.25) is 19.6 Å². The molecule has 28 heavy (non-hydrogen) atoms. The van der Waals surface area contributed by atoms with Gasteiger partial charge in [-0.2, -0.15) is 0 Å². The van der Waals surface area contributed by atoms with Crippen LogP contribution in [-0.2, 0) is 9.59 Å². The number of aromatic nitrogens is 2. The zero-order valence-electron chi connectivity index (χ0n) is 15.5. The molecule has 0 aromatic carbocycles. The molecule has 0 atom stereocenters. The van der Waals surface area contributed by atoms with Crippen molar-refractivity contribution in [2.75, 3.05) is 6.26 Å². The molecular weight excluding hydrogens is 429 g/mol. The van der Waals surface area contributed by atoms with Crippen molar-refractivity contribution in [2.45, 2.75) is 19.1 Å². The van der Waals surface area contributed by atoms with E-state index >= 15 is 0 Å². The summed E-state index contributed by atoms with van der Waals surface area (Å²) in [6.45, 7) is 2.93. The number of pyridine rings is 2. The molecule has 1 aliphatic rings. The van der Waals surface area contributed by atoms with Crippen LogP contribution in [0, 0.1) is 0 Å². The molecule has 0 amide bonds. The summed E-state index contributed by atoms with van der Waals surface area (Å²) in [5, 5.41) is -0.669. The van der Waals surface area contributed by atoms with Crippen LogP contribution in [0.5, 0.6) is 0 Å². The Morgan fingerprint density at radius 3 is 1.86 bits per heavy atom. The Bertz CT molecular complexity index is 888. The second kappa shape index (κ2) is 9.82. The summed E-state index contributed by atoms with van der Waals surface area (Å²) in [6.07, 6.45) is 5.54. The lowest BCUT2D eigenvalue weighted by atomic mass is 10.1. The van der Waals surface area contributed by atoms with E-state index in [0.29, 0.717) is 0 Å². The summed E-state index contributed by atoms with van der Waals surface area (Å²) in [7, 11) is 0. The molecule has 3 rings (SSSR count). The van der Waals surface area contributed by atoms with Gasteiger partial charge in [-0.1, -0.05) is 47.4 Å². The minimum atomic E-state index is -0.669. The molecular formula is C20H18N2O2S4. The quantitative estimate of drug-likeness (QED) is 0.521. The van der Waals surface area contributed by atoms with Crippen LogP contribution in [0.25, 0.3) is 5.57 Å². The van der Waals surface area contributed by atoms with E-state index < -0.39 is 5.25 Å². The molecule has 0 saturated heterocycles. The number of thioether (sulfide) groups is 4. The number of hydrogen-bond donors (Lipinski definition) is 0. The van der Waals surface area contributed by atoms with Crippen molar-refractivity contribution in [3.63, 3.8) is 0 Å². The van der Waals surface area contributed by atoms with E-state index in [1.165, 1.54) is 25.6 Å². The van der Waals surface area contributed by atoms with Crippen molar-refractivity contribution in [2.24, 2.45) is 0 Å². The van der Waals surface area contributed by atoms with E-state index in [9.17, 15) is 9.59 Å². The third-order valence-corrected chi connectivity index (χ3v) is 9.49. The van der Waals surface area contributed by atoms with Crippen LogP contribution in [-0.4, -0.2) is 33.0 Å². The van der Waals surface area contributed by atoms with Crippen molar-refractivity contribution in [1.29, 1.82) is 0 Å². The van der Waals surface area contributed by atoms with Gasteiger partial charge in [0.2, 0.25) is 0 Å². The van der Waals surface area contributed by atoms with Crippen LogP contribution in [0.1, 0.15) is 25.2 Å². The number of carbonyl (C=O) groups excluding carboxylic acids is 2. The van der Waals surface area contributed by atoms with E-state index in [-0.39, 0.29) is 11.6 Å². The Hall–Kier alpha value is -1.48. The predicted octanol–water partition coefficient (Wildman–Crippen LogP) is 5.44. The van der Waals surface area contributed by atoms with Crippen LogP contribution in [0.3, 0.4) is 0 Å². The third kappa shape index (κ3) is 4.92. The average molecular weight is 447 g/mol. The van der Waals surface area contributed by atoms with Crippen LogP contribution >= 0.6 is 47.0 Å². The van der Waals surface area contributed by atoms with Gasteiger partial charge in [0.1, 0.15) is 5.25 Å². The van der Waals surface area contributed by atoms with Crippen LogP contribution in [0.4, 0.5) is 0 Å². The fraction of sp³-hybridized carbons (Fsp3) is 0.200. The average Bonchev–Trinajstić information content (AvgIpc) is 3.10. The molecule has 0 fully saturated rings. The molecule has 0 aliphatic carbocycles. The first kappa shape index (κ1) is 21.2. The van der Waals surface area contributed by atoms with Crippen molar-refractivity contribution < 1.29 is 9.59 Å². The van der Waals surface area contributed by atoms with Gasteiger partial charge in [0.25, 0.3) is 0 Å². The number of Topliss-reactive ketones (excluding diaryl/α,β-unsaturated/α-hetero) is 2. The lowest BCUT2D eigenvalue weighted by molar-refractivity contribution is -0.123. The summed E-state index contributed by atoms with van der Waals surface area (Å²) in [6, 6.07) is 11.6. The van der Waals surface area contributed by atoms with Gasteiger partial charge in [-0.05, 0) is 44.4 Å². The van der Waals surface area contributed by atoms with Gasteiger partial charge in [-0.15, -0.1) is 11.8 Å². The second-order valence-electron chi connectivity index (χ2n) is 5.79. The fourth-order valence-corrected chi connectivity index (χ4v) is 8.01. The van der Waals surface area contributed by atoms with E-state index in [4.69, 9.17) is 0 Å². The van der Waals surface area contributed by atoms with Crippen molar-refractivity contribution >= 4 is 64.2 Å². The predicted molar refractivity (Wildman–Crippen MR) is 123 cm³/mol. The van der Waals surface area contributed by atoms with Gasteiger partial charge in [0.05, 0.1) is 24.1 Å². The largest absolute Gasteiger partial charge is 0.298 e. The summed E-state index contributed by atoms with van der Waals surface area (Å²) >= 11 is 6.19. The Balaban J connectivity index is 2.02. The fourth-order valence-electron chi connectivity index (χ4n) is 2.49. The van der Waals surface area contributed by atoms with Crippen molar-refractivity contribution in [1.82, 2.24) is 9.97 Å². The molecule has 0 spiro atoms. The highest BCUT2D eigenvalue weighted by Crippen LogP contribution is 2.59. The molecule has 144 valence electrons. The smallest absolute Gasteiger partial charge is 0.150 e. The summed E-state index contributed by atoms with van der Waals surface area (Å²) in [4.78, 5) is 32.9. The molecule has 4 nitrogen and oxygen atoms in total. The van der Waals surface area contributed by atoms with Gasteiger partial charge in [-0.25, -0.2) is 0 Å². The van der Waals surface area contributed by atoms with Gasteiger partial charge in [0, 0.05) is 18.0 Å². The standard InChI is InChI=1S/C20H18N2O2S4/c1-12(23)17(13(2)24)26-20-19(25-3)27-18(28-20)16(14-8-4-6-10-21-14)15-9-5-7-11-22-15/h4-11,17H,1-3H3. The number of ketones is 2. The van der Waals surface area contributed by atoms with Crippen LogP contribution in [0.2, 0.25) is 0 Å². The Kier molecular flexibility index (Phi) is 7.45. The Morgan fingerprint density at radius 2 is 1.43 bits per heavy atom. The molecule has 0 saturated carbocycles. The maximum absolute atomic E-state index is 11.9. The van der Waals surface area contributed by atoms with E-state index in [1.807, 2.05) is 42.7 Å². The molecule has 0 radical (unpaired) electrons. The summed E-state index contributed by atoms with van der Waals surface area (Å²) in [5.74, 6) is -0.244. The highest BCUT2D eigenvalue weighted by Gasteiger charge is 2.31. The van der Waals surface area contributed by atoms with Crippen LogP contribution < -0.4 is 0 Å². The summed E-state index contributed by atoms with van der Waals surface area (Å²) in [5.41, 5.74) is 2.65. The minimum absolute atomic E-state index is 0.122. The first-order chi connectivity index (χ1) is 13.5. The van der Waals surface area contributed by atoms with Gasteiger partial charge in [0.15, 0.2) is 11.6 Å². The molecule has 1 aliphatic heterocycles. The molecule has 2 aromatic rings. The van der Waals surface area contributed by atoms with Gasteiger partial charge < -0.3 is 0 Å². The van der Waals surface area contributed by atoms with Crippen molar-refractivity contribution in [3.8, 4) is 0 Å². The van der Waals surface area contributed by atoms with E-state index in [1.54, 1.807) is 47.7 Å². The lowest BCUT2D eigenvalue weighted by Gasteiger charge is -2.11. The van der Waals surface area contributed by atoms with E-state index in [0.717, 1.165) is 29.7 Å². The lowest BCUT2D eigenvalue weighted by Crippen LogP contribution is -2.22. The molecule has 8 heteroatoms. The molecule has 3 heterocycles. The molecule has 0 N–H and O–H groups in total. The first-order valence-corrected chi connectivity index (χ1v) is 12.1. The van der Waals surface area contributed by atoms with Crippen molar-refractivity contribution in [3.05, 3.63) is 72.9 Å². The zero-order valence-corrected chi connectivity index (χ0v) is 18.8. The maximum Gasteiger partial charge on any atom is 0.150 e. The van der Waals surface area contributed by atoms with Crippen LogP contribution in [0.15, 0.2) is 61.5 Å². The summed E-state index contributed by atoms with van der Waals surface area (Å²) < 4.78 is 3.12. The molecule has 0 unspecified atom stereocenters. The number of rotatable bonds is 7. The maximum atomic E-state index is 11.9. The van der Waals surface area contributed by atoms with E-state index in [2.05, 4.69) is 9.97 Å².